The van der Waals surface area contributed by atoms with E-state index in [4.69, 9.17) is 4.74 Å². The zero-order valence-corrected chi connectivity index (χ0v) is 15.2. The van der Waals surface area contributed by atoms with Gasteiger partial charge in [0.2, 0.25) is 0 Å². The fourth-order valence-electron chi connectivity index (χ4n) is 2.32. The lowest BCUT2D eigenvalue weighted by atomic mass is 10.1. The summed E-state index contributed by atoms with van der Waals surface area (Å²) in [6, 6.07) is 15.2. The Morgan fingerprint density at radius 3 is 2.32 bits per heavy atom. The van der Waals surface area contributed by atoms with Crippen molar-refractivity contribution in [2.45, 2.75) is 33.2 Å². The molecule has 132 valence electrons. The number of carbonyl (C=O) groups is 1. The third kappa shape index (κ3) is 5.35. The van der Waals surface area contributed by atoms with Gasteiger partial charge < -0.3 is 10.1 Å². The van der Waals surface area contributed by atoms with Crippen molar-refractivity contribution in [1.29, 1.82) is 0 Å². The van der Waals surface area contributed by atoms with Crippen molar-refractivity contribution in [3.05, 3.63) is 59.7 Å². The highest BCUT2D eigenvalue weighted by molar-refractivity contribution is 5.99. The molecule has 5 nitrogen and oxygen atoms in total. The number of ether oxygens (including phenoxy) is 1. The Balaban J connectivity index is 1.98. The van der Waals surface area contributed by atoms with Crippen LogP contribution in [0.4, 0.5) is 5.69 Å². The van der Waals surface area contributed by atoms with Crippen molar-refractivity contribution in [2.75, 3.05) is 12.4 Å². The first-order valence-corrected chi connectivity index (χ1v) is 8.35. The number of hydrogen-bond donors (Lipinski definition) is 2. The number of hydrogen-bond acceptors (Lipinski definition) is 4. The minimum Gasteiger partial charge on any atom is -0.497 e. The highest BCUT2D eigenvalue weighted by atomic mass is 16.5. The van der Waals surface area contributed by atoms with Gasteiger partial charge in [-0.25, -0.2) is 5.43 Å². The van der Waals surface area contributed by atoms with Crippen molar-refractivity contribution < 1.29 is 9.53 Å². The minimum absolute atomic E-state index is 0.162. The molecule has 0 unspecified atom stereocenters. The summed E-state index contributed by atoms with van der Waals surface area (Å²) in [7, 11) is 1.62. The van der Waals surface area contributed by atoms with Crippen LogP contribution in [-0.4, -0.2) is 24.8 Å². The predicted octanol–water partition coefficient (Wildman–Crippen LogP) is 3.73. The number of carbonyl (C=O) groups excluding carboxylic acids is 1. The van der Waals surface area contributed by atoms with E-state index in [2.05, 4.69) is 15.8 Å². The summed E-state index contributed by atoms with van der Waals surface area (Å²) in [5.74, 6) is 0.617. The second-order valence-electron chi connectivity index (χ2n) is 5.87. The van der Waals surface area contributed by atoms with Crippen molar-refractivity contribution in [2.24, 2.45) is 5.10 Å². The molecule has 2 rings (SSSR count). The van der Waals surface area contributed by atoms with E-state index in [0.29, 0.717) is 6.42 Å². The van der Waals surface area contributed by atoms with Crippen LogP contribution in [0.2, 0.25) is 0 Å². The summed E-state index contributed by atoms with van der Waals surface area (Å²) in [6.45, 7) is 5.87. The van der Waals surface area contributed by atoms with Crippen LogP contribution in [0.1, 0.15) is 31.4 Å². The van der Waals surface area contributed by atoms with Gasteiger partial charge in [-0.05, 0) is 50.1 Å². The summed E-state index contributed by atoms with van der Waals surface area (Å²) in [4.78, 5) is 12.4. The van der Waals surface area contributed by atoms with Crippen molar-refractivity contribution >= 4 is 17.3 Å². The molecule has 25 heavy (non-hydrogen) atoms. The van der Waals surface area contributed by atoms with Crippen LogP contribution >= 0.6 is 0 Å². The first kappa shape index (κ1) is 18.5. The van der Waals surface area contributed by atoms with E-state index in [9.17, 15) is 4.79 Å². The second-order valence-corrected chi connectivity index (χ2v) is 5.87. The first-order chi connectivity index (χ1) is 12.0. The molecule has 5 heteroatoms. The lowest BCUT2D eigenvalue weighted by Gasteiger charge is -2.17. The fourth-order valence-corrected chi connectivity index (χ4v) is 2.32. The van der Waals surface area contributed by atoms with Crippen molar-refractivity contribution in [1.82, 2.24) is 5.43 Å². The van der Waals surface area contributed by atoms with E-state index in [1.54, 1.807) is 7.11 Å². The smallest absolute Gasteiger partial charge is 0.262 e. The van der Waals surface area contributed by atoms with E-state index in [-0.39, 0.29) is 11.9 Å². The normalized spacial score (nSPS) is 12.4. The molecule has 2 N–H and O–H groups in total. The lowest BCUT2D eigenvalue weighted by molar-refractivity contribution is -0.121. The van der Waals surface area contributed by atoms with E-state index in [1.165, 1.54) is 5.56 Å². The molecule has 0 aliphatic heterocycles. The Bertz CT molecular complexity index is 722. The molecule has 1 atom stereocenters. The number of methoxy groups -OCH3 is 1. The van der Waals surface area contributed by atoms with E-state index < -0.39 is 0 Å². The summed E-state index contributed by atoms with van der Waals surface area (Å²) < 4.78 is 5.14. The zero-order valence-electron chi connectivity index (χ0n) is 15.2. The Hall–Kier alpha value is -2.82. The molecule has 0 aliphatic rings. The number of rotatable bonds is 7. The maximum Gasteiger partial charge on any atom is 0.262 e. The Labute approximate surface area is 149 Å². The topological polar surface area (TPSA) is 62.7 Å². The molecule has 0 aliphatic carbocycles. The molecule has 0 bridgehead atoms. The third-order valence-electron chi connectivity index (χ3n) is 3.96. The number of amides is 1. The average molecular weight is 339 g/mol. The molecule has 2 aromatic carbocycles. The molecule has 1 amide bonds. The average Bonchev–Trinajstić information content (AvgIpc) is 2.65. The van der Waals surface area contributed by atoms with Crippen LogP contribution < -0.4 is 15.5 Å². The zero-order chi connectivity index (χ0) is 18.2. The van der Waals surface area contributed by atoms with E-state index in [1.807, 2.05) is 69.3 Å². The van der Waals surface area contributed by atoms with Gasteiger partial charge in [0.15, 0.2) is 0 Å². The molecule has 2 aromatic rings. The summed E-state index contributed by atoms with van der Waals surface area (Å²) in [5.41, 5.74) is 6.46. The van der Waals surface area contributed by atoms with Crippen LogP contribution in [-0.2, 0) is 4.79 Å². The van der Waals surface area contributed by atoms with Crippen LogP contribution in [0.25, 0.3) is 0 Å². The van der Waals surface area contributed by atoms with Crippen LogP contribution in [0.15, 0.2) is 53.6 Å². The number of aryl methyl sites for hydroxylation is 1. The maximum absolute atomic E-state index is 12.4. The largest absolute Gasteiger partial charge is 0.497 e. The molecule has 0 spiro atoms. The highest BCUT2D eigenvalue weighted by Crippen LogP contribution is 2.16. The number of nitrogens with one attached hydrogen (secondary N) is 2. The van der Waals surface area contributed by atoms with Crippen LogP contribution in [0.5, 0.6) is 5.75 Å². The maximum atomic E-state index is 12.4. The molecular formula is C20H25N3O2. The number of anilines is 1. The van der Waals surface area contributed by atoms with Gasteiger partial charge in [-0.1, -0.05) is 36.8 Å². The predicted molar refractivity (Wildman–Crippen MR) is 102 cm³/mol. The van der Waals surface area contributed by atoms with Gasteiger partial charge in [-0.3, -0.25) is 4.79 Å². The Kier molecular flexibility index (Phi) is 6.57. The van der Waals surface area contributed by atoms with Gasteiger partial charge >= 0.3 is 0 Å². The van der Waals surface area contributed by atoms with Gasteiger partial charge in [0.05, 0.1) is 12.8 Å². The molecule has 0 aromatic heterocycles. The van der Waals surface area contributed by atoms with Crippen molar-refractivity contribution in [3.63, 3.8) is 0 Å². The SMILES string of the molecule is CC[C@@H](Nc1ccc(OC)cc1)C(=O)N/N=C(/C)c1ccc(C)cc1. The molecular weight excluding hydrogens is 314 g/mol. The summed E-state index contributed by atoms with van der Waals surface area (Å²) >= 11 is 0. The second kappa shape index (κ2) is 8.87. The first-order valence-electron chi connectivity index (χ1n) is 8.35. The molecule has 0 radical (unpaired) electrons. The standard InChI is InChI=1S/C20H25N3O2/c1-5-19(21-17-10-12-18(25-4)13-11-17)20(24)23-22-15(3)16-8-6-14(2)7-9-16/h6-13,19,21H,5H2,1-4H3,(H,23,24)/b22-15-/t19-/m1/s1. The fraction of sp³-hybridized carbons (Fsp3) is 0.300. The van der Waals surface area contributed by atoms with Gasteiger partial charge in [0.25, 0.3) is 5.91 Å². The molecule has 0 saturated heterocycles. The third-order valence-corrected chi connectivity index (χ3v) is 3.96. The number of hydrazone groups is 1. The highest BCUT2D eigenvalue weighted by Gasteiger charge is 2.15. The van der Waals surface area contributed by atoms with E-state index >= 15 is 0 Å². The number of nitrogens with zero attached hydrogens (tertiary/aromatic N) is 1. The molecule has 0 saturated carbocycles. The van der Waals surface area contributed by atoms with Gasteiger partial charge in [0, 0.05) is 5.69 Å². The Morgan fingerprint density at radius 2 is 1.76 bits per heavy atom. The molecule has 0 fully saturated rings. The van der Waals surface area contributed by atoms with Crippen LogP contribution in [0, 0.1) is 6.92 Å². The molecule has 0 heterocycles. The minimum atomic E-state index is -0.358. The van der Waals surface area contributed by atoms with Gasteiger partial charge in [-0.2, -0.15) is 5.10 Å². The lowest BCUT2D eigenvalue weighted by Crippen LogP contribution is -2.37. The van der Waals surface area contributed by atoms with Gasteiger partial charge in [-0.15, -0.1) is 0 Å². The van der Waals surface area contributed by atoms with E-state index in [0.717, 1.165) is 22.7 Å². The quantitative estimate of drug-likeness (QED) is 0.597. The van der Waals surface area contributed by atoms with Gasteiger partial charge in [0.1, 0.15) is 11.8 Å². The summed E-state index contributed by atoms with van der Waals surface area (Å²) in [5, 5.41) is 7.43. The number of benzene rings is 2. The monoisotopic (exact) mass is 339 g/mol. The van der Waals surface area contributed by atoms with Crippen molar-refractivity contribution in [3.8, 4) is 5.75 Å². The Morgan fingerprint density at radius 1 is 1.12 bits per heavy atom. The summed E-state index contributed by atoms with van der Waals surface area (Å²) in [6.07, 6.45) is 0.650. The van der Waals surface area contributed by atoms with Crippen LogP contribution in [0.3, 0.4) is 0 Å².